The van der Waals surface area contributed by atoms with E-state index >= 15 is 0 Å². The molecule has 27 heavy (non-hydrogen) atoms. The number of imidazole rings is 1. The van der Waals surface area contributed by atoms with Crippen LogP contribution in [0.25, 0.3) is 11.0 Å². The van der Waals surface area contributed by atoms with Gasteiger partial charge in [-0.3, -0.25) is 18.7 Å². The molecule has 0 aliphatic carbocycles. The Labute approximate surface area is 154 Å². The molecule has 2 N–H and O–H groups in total. The van der Waals surface area contributed by atoms with Crippen LogP contribution in [0, 0.1) is 6.92 Å². The minimum Gasteiger partial charge on any atom is -0.507 e. The molecule has 0 fully saturated rings. The molecule has 0 amide bonds. The van der Waals surface area contributed by atoms with Crippen LogP contribution in [-0.4, -0.2) is 32.3 Å². The van der Waals surface area contributed by atoms with Crippen LogP contribution in [0.15, 0.2) is 33.9 Å². The standard InChI is InChI=1S/C19H21N3O5/c1-10-7-15(23)17(18(25)20-10)12(9-16(24)27-4)11-5-6-13-14(8-11)22(3)19(26)21(13)2/h5-8,12H,9H2,1-4H3,(H2,20,23,25)/t12-/m0/s1. The van der Waals surface area contributed by atoms with Gasteiger partial charge in [0, 0.05) is 25.7 Å². The Morgan fingerprint density at radius 1 is 1.19 bits per heavy atom. The molecule has 1 atom stereocenters. The number of methoxy groups -OCH3 is 1. The summed E-state index contributed by atoms with van der Waals surface area (Å²) >= 11 is 0. The highest BCUT2D eigenvalue weighted by atomic mass is 16.5. The fourth-order valence-corrected chi connectivity index (χ4v) is 3.40. The molecule has 8 heteroatoms. The summed E-state index contributed by atoms with van der Waals surface area (Å²) in [6.45, 7) is 1.66. The molecule has 1 aromatic carbocycles. The van der Waals surface area contributed by atoms with E-state index < -0.39 is 17.4 Å². The van der Waals surface area contributed by atoms with Gasteiger partial charge in [0.15, 0.2) is 0 Å². The number of H-pyrrole nitrogens is 1. The average molecular weight is 371 g/mol. The lowest BCUT2D eigenvalue weighted by atomic mass is 9.88. The lowest BCUT2D eigenvalue weighted by Gasteiger charge is -2.18. The molecule has 2 heterocycles. The molecule has 3 rings (SSSR count). The number of benzene rings is 1. The summed E-state index contributed by atoms with van der Waals surface area (Å²) in [5, 5.41) is 10.4. The van der Waals surface area contributed by atoms with Crippen molar-refractivity contribution < 1.29 is 14.6 Å². The molecule has 2 aromatic heterocycles. The van der Waals surface area contributed by atoms with E-state index in [-0.39, 0.29) is 23.4 Å². The van der Waals surface area contributed by atoms with Gasteiger partial charge in [-0.05, 0) is 30.7 Å². The number of aromatic nitrogens is 3. The SMILES string of the molecule is COC(=O)C[C@@H](c1ccc2c(c1)n(C)c(=O)n2C)c1c(O)cc(C)[nH]c1=O. The Kier molecular flexibility index (Phi) is 4.65. The number of rotatable bonds is 4. The zero-order chi connectivity index (χ0) is 19.9. The number of esters is 1. The van der Waals surface area contributed by atoms with Crippen molar-refractivity contribution in [1.29, 1.82) is 0 Å². The normalized spacial score (nSPS) is 12.3. The number of aryl methyl sites for hydroxylation is 3. The van der Waals surface area contributed by atoms with Crippen molar-refractivity contribution in [3.8, 4) is 5.75 Å². The van der Waals surface area contributed by atoms with Crippen LogP contribution in [-0.2, 0) is 23.6 Å². The van der Waals surface area contributed by atoms with E-state index in [2.05, 4.69) is 4.98 Å². The zero-order valence-corrected chi connectivity index (χ0v) is 15.6. The van der Waals surface area contributed by atoms with Gasteiger partial charge in [0.1, 0.15) is 5.75 Å². The first kappa shape index (κ1) is 18.5. The summed E-state index contributed by atoms with van der Waals surface area (Å²) in [5.41, 5.74) is 1.97. The highest BCUT2D eigenvalue weighted by Gasteiger charge is 2.26. The molecule has 0 aliphatic rings. The van der Waals surface area contributed by atoms with Crippen LogP contribution in [0.2, 0.25) is 0 Å². The van der Waals surface area contributed by atoms with Crippen molar-refractivity contribution >= 4 is 17.0 Å². The Balaban J connectivity index is 2.25. The fourth-order valence-electron chi connectivity index (χ4n) is 3.40. The molecule has 0 unspecified atom stereocenters. The fraction of sp³-hybridized carbons (Fsp3) is 0.316. The molecular formula is C19H21N3O5. The van der Waals surface area contributed by atoms with Crippen molar-refractivity contribution in [3.05, 3.63) is 61.9 Å². The second-order valence-corrected chi connectivity index (χ2v) is 6.56. The lowest BCUT2D eigenvalue weighted by molar-refractivity contribution is -0.140. The Morgan fingerprint density at radius 2 is 1.85 bits per heavy atom. The third-order valence-corrected chi connectivity index (χ3v) is 4.83. The largest absolute Gasteiger partial charge is 0.507 e. The van der Waals surface area contributed by atoms with Crippen LogP contribution in [0.4, 0.5) is 0 Å². The van der Waals surface area contributed by atoms with E-state index in [1.165, 1.54) is 22.3 Å². The maximum Gasteiger partial charge on any atom is 0.328 e. The molecule has 0 bridgehead atoms. The molecule has 0 saturated carbocycles. The number of ether oxygens (including phenoxy) is 1. The van der Waals surface area contributed by atoms with Crippen molar-refractivity contribution in [3.63, 3.8) is 0 Å². The summed E-state index contributed by atoms with van der Waals surface area (Å²) in [6.07, 6.45) is -0.123. The van der Waals surface area contributed by atoms with E-state index in [4.69, 9.17) is 4.74 Å². The Hall–Kier alpha value is -3.29. The summed E-state index contributed by atoms with van der Waals surface area (Å²) in [5.74, 6) is -1.42. The number of nitrogens with one attached hydrogen (secondary N) is 1. The first-order valence-corrected chi connectivity index (χ1v) is 8.39. The number of pyridine rings is 1. The second kappa shape index (κ2) is 6.79. The second-order valence-electron chi connectivity index (χ2n) is 6.56. The molecule has 8 nitrogen and oxygen atoms in total. The van der Waals surface area contributed by atoms with E-state index in [0.717, 1.165) is 5.52 Å². The Bertz CT molecular complexity index is 1150. The molecule has 0 spiro atoms. The van der Waals surface area contributed by atoms with Crippen molar-refractivity contribution in [2.45, 2.75) is 19.3 Å². The minimum absolute atomic E-state index is 0.0891. The number of carbonyl (C=O) groups excluding carboxylic acids is 1. The highest BCUT2D eigenvalue weighted by molar-refractivity contribution is 5.78. The van der Waals surface area contributed by atoms with E-state index in [0.29, 0.717) is 16.8 Å². The average Bonchev–Trinajstić information content (AvgIpc) is 2.84. The quantitative estimate of drug-likeness (QED) is 0.672. The van der Waals surface area contributed by atoms with Gasteiger partial charge < -0.3 is 14.8 Å². The van der Waals surface area contributed by atoms with Gasteiger partial charge in [0.05, 0.1) is 30.1 Å². The topological polar surface area (TPSA) is 106 Å². The van der Waals surface area contributed by atoms with Gasteiger partial charge in [-0.1, -0.05) is 6.07 Å². The van der Waals surface area contributed by atoms with Gasteiger partial charge in [-0.2, -0.15) is 0 Å². The van der Waals surface area contributed by atoms with E-state index in [1.54, 1.807) is 39.2 Å². The highest BCUT2D eigenvalue weighted by Crippen LogP contribution is 2.33. The molecule has 0 saturated heterocycles. The third kappa shape index (κ3) is 3.14. The molecule has 142 valence electrons. The van der Waals surface area contributed by atoms with Crippen LogP contribution in [0.1, 0.15) is 29.2 Å². The zero-order valence-electron chi connectivity index (χ0n) is 15.6. The summed E-state index contributed by atoms with van der Waals surface area (Å²) in [7, 11) is 4.59. The number of aromatic amines is 1. The van der Waals surface area contributed by atoms with E-state index in [9.17, 15) is 19.5 Å². The maximum atomic E-state index is 12.5. The van der Waals surface area contributed by atoms with Crippen LogP contribution >= 0.6 is 0 Å². The maximum absolute atomic E-state index is 12.5. The summed E-state index contributed by atoms with van der Waals surface area (Å²) < 4.78 is 7.78. The van der Waals surface area contributed by atoms with Gasteiger partial charge in [0.25, 0.3) is 5.56 Å². The van der Waals surface area contributed by atoms with Crippen molar-refractivity contribution in [2.24, 2.45) is 14.1 Å². The van der Waals surface area contributed by atoms with Crippen LogP contribution in [0.5, 0.6) is 5.75 Å². The first-order valence-electron chi connectivity index (χ1n) is 8.39. The molecule has 0 radical (unpaired) electrons. The smallest absolute Gasteiger partial charge is 0.328 e. The number of fused-ring (bicyclic) bond motifs is 1. The lowest BCUT2D eigenvalue weighted by Crippen LogP contribution is -2.21. The summed E-state index contributed by atoms with van der Waals surface area (Å²) in [4.78, 5) is 39.3. The predicted octanol–water partition coefficient (Wildman–Crippen LogP) is 1.27. The van der Waals surface area contributed by atoms with E-state index in [1.807, 2.05) is 0 Å². The van der Waals surface area contributed by atoms with Crippen molar-refractivity contribution in [1.82, 2.24) is 14.1 Å². The molecular weight excluding hydrogens is 350 g/mol. The number of hydrogen-bond acceptors (Lipinski definition) is 5. The number of hydrogen-bond donors (Lipinski definition) is 2. The van der Waals surface area contributed by atoms with Crippen LogP contribution in [0.3, 0.4) is 0 Å². The van der Waals surface area contributed by atoms with Crippen molar-refractivity contribution in [2.75, 3.05) is 7.11 Å². The molecule has 3 aromatic rings. The molecule has 0 aliphatic heterocycles. The minimum atomic E-state index is -0.721. The predicted molar refractivity (Wildman–Crippen MR) is 100 cm³/mol. The Morgan fingerprint density at radius 3 is 2.48 bits per heavy atom. The first-order chi connectivity index (χ1) is 12.7. The van der Waals surface area contributed by atoms with Gasteiger partial charge >= 0.3 is 11.7 Å². The summed E-state index contributed by atoms with van der Waals surface area (Å²) in [6, 6.07) is 6.70. The van der Waals surface area contributed by atoms with Gasteiger partial charge in [-0.25, -0.2) is 4.79 Å². The van der Waals surface area contributed by atoms with Gasteiger partial charge in [0.2, 0.25) is 0 Å². The monoisotopic (exact) mass is 371 g/mol. The third-order valence-electron chi connectivity index (χ3n) is 4.83. The van der Waals surface area contributed by atoms with Crippen LogP contribution < -0.4 is 11.2 Å². The van der Waals surface area contributed by atoms with Gasteiger partial charge in [-0.15, -0.1) is 0 Å². The number of nitrogens with zero attached hydrogens (tertiary/aromatic N) is 2. The number of carbonyl (C=O) groups is 1. The number of aromatic hydroxyl groups is 1.